The first-order valence-corrected chi connectivity index (χ1v) is 9.44. The van der Waals surface area contributed by atoms with Gasteiger partial charge in [-0.1, -0.05) is 11.6 Å². The summed E-state index contributed by atoms with van der Waals surface area (Å²) in [5.41, 5.74) is 0.499. The Morgan fingerprint density at radius 1 is 0.957 bits per heavy atom. The fourth-order valence-corrected chi connectivity index (χ4v) is 3.81. The van der Waals surface area contributed by atoms with Gasteiger partial charge in [-0.15, -0.1) is 0 Å². The van der Waals surface area contributed by atoms with Gasteiger partial charge in [-0.2, -0.15) is 0 Å². The Hall–Kier alpha value is -1.72. The Morgan fingerprint density at radius 2 is 1.57 bits per heavy atom. The van der Waals surface area contributed by atoms with Crippen molar-refractivity contribution in [3.8, 4) is 5.75 Å². The van der Waals surface area contributed by atoms with Gasteiger partial charge >= 0.3 is 0 Å². The van der Waals surface area contributed by atoms with Gasteiger partial charge in [0, 0.05) is 10.7 Å². The van der Waals surface area contributed by atoms with Crippen molar-refractivity contribution in [1.29, 1.82) is 0 Å². The van der Waals surface area contributed by atoms with Gasteiger partial charge in [0.25, 0.3) is 10.0 Å². The predicted molar refractivity (Wildman–Crippen MR) is 91.6 cm³/mol. The molecule has 1 aliphatic rings. The molecule has 0 amide bonds. The molecule has 0 aromatic heterocycles. The van der Waals surface area contributed by atoms with E-state index in [1.165, 1.54) is 25.0 Å². The molecule has 4 nitrogen and oxygen atoms in total. The summed E-state index contributed by atoms with van der Waals surface area (Å²) in [6, 6.07) is 13.0. The van der Waals surface area contributed by atoms with Crippen molar-refractivity contribution in [1.82, 2.24) is 0 Å². The largest absolute Gasteiger partial charge is 0.490 e. The Morgan fingerprint density at radius 3 is 2.17 bits per heavy atom. The maximum Gasteiger partial charge on any atom is 0.261 e. The lowest BCUT2D eigenvalue weighted by atomic mass is 10.3. The third-order valence-electron chi connectivity index (χ3n) is 3.84. The zero-order valence-electron chi connectivity index (χ0n) is 12.5. The van der Waals surface area contributed by atoms with Gasteiger partial charge in [0.2, 0.25) is 0 Å². The Balaban J connectivity index is 1.68. The molecule has 0 saturated heterocycles. The summed E-state index contributed by atoms with van der Waals surface area (Å²) in [5, 5.41) is 0.498. The van der Waals surface area contributed by atoms with Crippen LogP contribution in [0.25, 0.3) is 0 Å². The van der Waals surface area contributed by atoms with Crippen molar-refractivity contribution in [2.75, 3.05) is 4.72 Å². The van der Waals surface area contributed by atoms with Gasteiger partial charge in [-0.25, -0.2) is 8.42 Å². The van der Waals surface area contributed by atoms with E-state index >= 15 is 0 Å². The minimum atomic E-state index is -3.61. The number of sulfonamides is 1. The van der Waals surface area contributed by atoms with Crippen molar-refractivity contribution in [3.63, 3.8) is 0 Å². The van der Waals surface area contributed by atoms with Gasteiger partial charge in [0.05, 0.1) is 11.0 Å². The molecule has 23 heavy (non-hydrogen) atoms. The lowest BCUT2D eigenvalue weighted by Gasteiger charge is -2.14. The van der Waals surface area contributed by atoms with E-state index in [0.29, 0.717) is 10.7 Å². The second-order valence-electron chi connectivity index (χ2n) is 5.61. The minimum Gasteiger partial charge on any atom is -0.490 e. The molecule has 122 valence electrons. The van der Waals surface area contributed by atoms with Crippen LogP contribution in [0.2, 0.25) is 5.02 Å². The number of benzene rings is 2. The molecule has 2 aromatic rings. The number of nitrogens with one attached hydrogen (secondary N) is 1. The Labute approximate surface area is 141 Å². The number of anilines is 1. The summed E-state index contributed by atoms with van der Waals surface area (Å²) in [4.78, 5) is 0.174. The monoisotopic (exact) mass is 351 g/mol. The van der Waals surface area contributed by atoms with Crippen molar-refractivity contribution >= 4 is 27.3 Å². The van der Waals surface area contributed by atoms with E-state index in [4.69, 9.17) is 16.3 Å². The number of hydrogen-bond donors (Lipinski definition) is 1. The van der Waals surface area contributed by atoms with Crippen molar-refractivity contribution < 1.29 is 13.2 Å². The van der Waals surface area contributed by atoms with Crippen molar-refractivity contribution in [2.24, 2.45) is 0 Å². The van der Waals surface area contributed by atoms with Gasteiger partial charge in [-0.3, -0.25) is 4.72 Å². The molecule has 2 aromatic carbocycles. The lowest BCUT2D eigenvalue weighted by Crippen LogP contribution is -2.13. The molecular formula is C17H18ClNO3S. The number of ether oxygens (including phenoxy) is 1. The second kappa shape index (κ2) is 6.81. The third-order valence-corrected chi connectivity index (χ3v) is 5.48. The highest BCUT2D eigenvalue weighted by molar-refractivity contribution is 7.92. The number of rotatable bonds is 5. The van der Waals surface area contributed by atoms with E-state index in [-0.39, 0.29) is 11.0 Å². The first-order chi connectivity index (χ1) is 11.0. The molecule has 0 unspecified atom stereocenters. The maximum atomic E-state index is 12.3. The van der Waals surface area contributed by atoms with E-state index < -0.39 is 10.0 Å². The molecular weight excluding hydrogens is 334 g/mol. The topological polar surface area (TPSA) is 55.4 Å². The van der Waals surface area contributed by atoms with E-state index in [2.05, 4.69) is 4.72 Å². The van der Waals surface area contributed by atoms with Gasteiger partial charge in [-0.05, 0) is 74.2 Å². The minimum absolute atomic E-state index is 0.174. The van der Waals surface area contributed by atoms with Crippen LogP contribution in [-0.2, 0) is 10.0 Å². The fraction of sp³-hybridized carbons (Fsp3) is 0.294. The molecule has 1 saturated carbocycles. The van der Waals surface area contributed by atoms with Crippen LogP contribution in [0.3, 0.4) is 0 Å². The van der Waals surface area contributed by atoms with Crippen LogP contribution >= 0.6 is 11.6 Å². The summed E-state index contributed by atoms with van der Waals surface area (Å²) in [7, 11) is -3.61. The molecule has 0 aliphatic heterocycles. The number of halogens is 1. The van der Waals surface area contributed by atoms with E-state index in [0.717, 1.165) is 18.6 Å². The molecule has 0 atom stereocenters. The zero-order chi connectivity index (χ0) is 16.3. The smallest absolute Gasteiger partial charge is 0.261 e. The first kappa shape index (κ1) is 16.1. The summed E-state index contributed by atoms with van der Waals surface area (Å²) in [6.07, 6.45) is 4.88. The highest BCUT2D eigenvalue weighted by Gasteiger charge is 2.17. The quantitative estimate of drug-likeness (QED) is 0.865. The van der Waals surface area contributed by atoms with Crippen LogP contribution in [0.5, 0.6) is 5.75 Å². The average molecular weight is 352 g/mol. The average Bonchev–Trinajstić information content (AvgIpc) is 3.02. The zero-order valence-corrected chi connectivity index (χ0v) is 14.1. The maximum absolute atomic E-state index is 12.3. The van der Waals surface area contributed by atoms with E-state index in [1.807, 2.05) is 0 Å². The second-order valence-corrected chi connectivity index (χ2v) is 7.73. The summed E-state index contributed by atoms with van der Waals surface area (Å²) < 4.78 is 33.0. The molecule has 1 aliphatic carbocycles. The highest BCUT2D eigenvalue weighted by atomic mass is 35.5. The van der Waals surface area contributed by atoms with E-state index in [1.54, 1.807) is 36.4 Å². The van der Waals surface area contributed by atoms with E-state index in [9.17, 15) is 8.42 Å². The SMILES string of the molecule is O=S(=O)(Nc1ccc(OC2CCCC2)cc1)c1ccc(Cl)cc1. The van der Waals surface area contributed by atoms with Crippen LogP contribution in [0, 0.1) is 0 Å². The third kappa shape index (κ3) is 4.18. The Kier molecular flexibility index (Phi) is 4.78. The summed E-state index contributed by atoms with van der Waals surface area (Å²) in [6.45, 7) is 0. The van der Waals surface area contributed by atoms with Crippen LogP contribution in [-0.4, -0.2) is 14.5 Å². The molecule has 3 rings (SSSR count). The number of hydrogen-bond acceptors (Lipinski definition) is 3. The van der Waals surface area contributed by atoms with Crippen molar-refractivity contribution in [2.45, 2.75) is 36.7 Å². The van der Waals surface area contributed by atoms with Gasteiger partial charge in [0.15, 0.2) is 0 Å². The first-order valence-electron chi connectivity index (χ1n) is 7.58. The van der Waals surface area contributed by atoms with Gasteiger partial charge in [0.1, 0.15) is 5.75 Å². The van der Waals surface area contributed by atoms with Crippen LogP contribution in [0.1, 0.15) is 25.7 Å². The lowest BCUT2D eigenvalue weighted by molar-refractivity contribution is 0.210. The highest BCUT2D eigenvalue weighted by Crippen LogP contribution is 2.26. The molecule has 0 radical (unpaired) electrons. The van der Waals surface area contributed by atoms with Crippen LogP contribution in [0.4, 0.5) is 5.69 Å². The molecule has 0 spiro atoms. The van der Waals surface area contributed by atoms with Gasteiger partial charge < -0.3 is 4.74 Å². The normalized spacial score (nSPS) is 15.5. The molecule has 0 bridgehead atoms. The van der Waals surface area contributed by atoms with Crippen molar-refractivity contribution in [3.05, 3.63) is 53.6 Å². The summed E-state index contributed by atoms with van der Waals surface area (Å²) in [5.74, 6) is 0.770. The Bertz CT molecular complexity index is 751. The van der Waals surface area contributed by atoms with Crippen LogP contribution in [0.15, 0.2) is 53.4 Å². The standard InChI is InChI=1S/C17H18ClNO3S/c18-13-5-11-17(12-6-13)23(20,21)19-14-7-9-16(10-8-14)22-15-3-1-2-4-15/h5-12,15,19H,1-4H2. The molecule has 0 heterocycles. The van der Waals surface area contributed by atoms with Crippen LogP contribution < -0.4 is 9.46 Å². The summed E-state index contributed by atoms with van der Waals surface area (Å²) >= 11 is 5.78. The molecule has 1 N–H and O–H groups in total. The fourth-order valence-electron chi connectivity index (χ4n) is 2.63. The predicted octanol–water partition coefficient (Wildman–Crippen LogP) is 4.46. The molecule has 1 fully saturated rings. The molecule has 6 heteroatoms.